The van der Waals surface area contributed by atoms with Crippen LogP contribution in [0.15, 0.2) is 42.5 Å². The molecule has 0 spiro atoms. The zero-order valence-electron chi connectivity index (χ0n) is 14.4. The predicted molar refractivity (Wildman–Crippen MR) is 92.8 cm³/mol. The van der Waals surface area contributed by atoms with Gasteiger partial charge in [-0.3, -0.25) is 0 Å². The molecular formula is C20H25F2NO. The minimum absolute atomic E-state index is 0.418. The number of nitrogens with one attached hydrogen (secondary N) is 1. The molecule has 0 aliphatic rings. The van der Waals surface area contributed by atoms with Gasteiger partial charge in [0.15, 0.2) is 0 Å². The fourth-order valence-electron chi connectivity index (χ4n) is 2.76. The zero-order chi connectivity index (χ0) is 17.7. The average molecular weight is 333 g/mol. The highest BCUT2D eigenvalue weighted by atomic mass is 19.1. The van der Waals surface area contributed by atoms with Crippen molar-refractivity contribution >= 4 is 0 Å². The minimum atomic E-state index is -0.723. The quantitative estimate of drug-likeness (QED) is 0.770. The zero-order valence-corrected chi connectivity index (χ0v) is 14.4. The van der Waals surface area contributed by atoms with E-state index in [9.17, 15) is 13.9 Å². The molecule has 2 rings (SSSR count). The Kier molecular flexibility index (Phi) is 6.46. The fraction of sp³-hybridized carbons (Fsp3) is 0.400. The number of halogens is 2. The first-order valence-corrected chi connectivity index (χ1v) is 8.37. The van der Waals surface area contributed by atoms with Crippen LogP contribution in [0, 0.1) is 11.6 Å². The molecule has 0 fully saturated rings. The van der Waals surface area contributed by atoms with Crippen LogP contribution in [-0.4, -0.2) is 11.2 Å². The van der Waals surface area contributed by atoms with E-state index in [-0.39, 0.29) is 0 Å². The van der Waals surface area contributed by atoms with Gasteiger partial charge in [0.05, 0.1) is 12.1 Å². The molecule has 2 aromatic rings. The van der Waals surface area contributed by atoms with Crippen molar-refractivity contribution in [1.82, 2.24) is 5.32 Å². The van der Waals surface area contributed by atoms with E-state index in [2.05, 4.69) is 31.3 Å². The Morgan fingerprint density at radius 2 is 1.67 bits per heavy atom. The monoisotopic (exact) mass is 333 g/mol. The lowest BCUT2D eigenvalue weighted by molar-refractivity contribution is 0.122. The maximum atomic E-state index is 13.5. The first kappa shape index (κ1) is 18.6. The molecule has 0 saturated heterocycles. The molecule has 0 aliphatic heterocycles. The summed E-state index contributed by atoms with van der Waals surface area (Å²) < 4.78 is 27.0. The van der Waals surface area contributed by atoms with Crippen molar-refractivity contribution in [2.24, 2.45) is 0 Å². The van der Waals surface area contributed by atoms with Gasteiger partial charge in [-0.25, -0.2) is 8.78 Å². The molecule has 0 aliphatic carbocycles. The maximum Gasteiger partial charge on any atom is 0.126 e. The molecule has 2 N–H and O–H groups in total. The first-order valence-electron chi connectivity index (χ1n) is 8.37. The summed E-state index contributed by atoms with van der Waals surface area (Å²) in [6, 6.07) is 11.0. The van der Waals surface area contributed by atoms with Gasteiger partial charge in [0.25, 0.3) is 0 Å². The van der Waals surface area contributed by atoms with Crippen LogP contribution in [0.1, 0.15) is 55.8 Å². The Morgan fingerprint density at radius 3 is 2.25 bits per heavy atom. The number of hydrogen-bond donors (Lipinski definition) is 2. The third-order valence-electron chi connectivity index (χ3n) is 4.19. The van der Waals surface area contributed by atoms with Gasteiger partial charge in [-0.05, 0) is 41.2 Å². The number of benzene rings is 2. The molecule has 0 bridgehead atoms. The molecule has 2 nitrogen and oxygen atoms in total. The Balaban J connectivity index is 2.19. The number of rotatable bonds is 7. The van der Waals surface area contributed by atoms with Crippen molar-refractivity contribution in [3.05, 3.63) is 70.8 Å². The lowest BCUT2D eigenvalue weighted by Gasteiger charge is -2.24. The van der Waals surface area contributed by atoms with Crippen molar-refractivity contribution < 1.29 is 13.9 Å². The summed E-state index contributed by atoms with van der Waals surface area (Å²) in [5.41, 5.74) is 2.73. The summed E-state index contributed by atoms with van der Waals surface area (Å²) >= 11 is 0. The Hall–Kier alpha value is -1.78. The van der Waals surface area contributed by atoms with Crippen LogP contribution in [0.25, 0.3) is 0 Å². The highest BCUT2D eigenvalue weighted by molar-refractivity contribution is 5.27. The molecular weight excluding hydrogens is 308 g/mol. The summed E-state index contributed by atoms with van der Waals surface area (Å²) in [6.07, 6.45) is -0.235. The molecule has 0 radical (unpaired) electrons. The van der Waals surface area contributed by atoms with Crippen LogP contribution in [0.2, 0.25) is 0 Å². The number of aliphatic hydroxyl groups excluding tert-OH is 1. The van der Waals surface area contributed by atoms with Crippen molar-refractivity contribution in [3.8, 4) is 0 Å². The van der Waals surface area contributed by atoms with E-state index >= 15 is 0 Å². The van der Waals surface area contributed by atoms with E-state index in [4.69, 9.17) is 0 Å². The largest absolute Gasteiger partial charge is 0.391 e. The van der Waals surface area contributed by atoms with Crippen LogP contribution in [0.3, 0.4) is 0 Å². The normalized spacial score (nSPS) is 14.0. The maximum absolute atomic E-state index is 13.5. The average Bonchev–Trinajstić information content (AvgIpc) is 2.54. The third-order valence-corrected chi connectivity index (χ3v) is 4.19. The van der Waals surface area contributed by atoms with Gasteiger partial charge in [-0.1, -0.05) is 45.0 Å². The number of aliphatic hydroxyl groups is 1. The van der Waals surface area contributed by atoms with Gasteiger partial charge in [0.2, 0.25) is 0 Å². The smallest absolute Gasteiger partial charge is 0.126 e. The Labute approximate surface area is 142 Å². The molecule has 4 heteroatoms. The first-order chi connectivity index (χ1) is 11.4. The molecule has 24 heavy (non-hydrogen) atoms. The fourth-order valence-corrected chi connectivity index (χ4v) is 2.76. The van der Waals surface area contributed by atoms with Crippen molar-refractivity contribution in [3.63, 3.8) is 0 Å². The Morgan fingerprint density at radius 1 is 1.00 bits per heavy atom. The standard InChI is InChI=1S/C20H25F2NO/c1-4-19(24)20(16-9-17(21)11-18(22)10-16)23-12-14-6-5-7-15(8-14)13(2)3/h5-11,13,19-20,23-24H,4,12H2,1-3H3. The summed E-state index contributed by atoms with van der Waals surface area (Å²) in [4.78, 5) is 0. The van der Waals surface area contributed by atoms with Gasteiger partial charge in [-0.15, -0.1) is 0 Å². The second kappa shape index (κ2) is 8.36. The van der Waals surface area contributed by atoms with Gasteiger partial charge < -0.3 is 10.4 Å². The summed E-state index contributed by atoms with van der Waals surface area (Å²) in [6.45, 7) is 6.62. The molecule has 0 saturated carbocycles. The second-order valence-corrected chi connectivity index (χ2v) is 6.44. The van der Waals surface area contributed by atoms with E-state index in [1.165, 1.54) is 17.7 Å². The van der Waals surface area contributed by atoms with Crippen LogP contribution < -0.4 is 5.32 Å². The van der Waals surface area contributed by atoms with E-state index in [1.54, 1.807) is 0 Å². The molecule has 2 aromatic carbocycles. The topological polar surface area (TPSA) is 32.3 Å². The van der Waals surface area contributed by atoms with E-state index in [0.717, 1.165) is 11.6 Å². The van der Waals surface area contributed by atoms with Crippen LogP contribution in [-0.2, 0) is 6.54 Å². The highest BCUT2D eigenvalue weighted by Gasteiger charge is 2.20. The van der Waals surface area contributed by atoms with Gasteiger partial charge >= 0.3 is 0 Å². The lowest BCUT2D eigenvalue weighted by Crippen LogP contribution is -2.31. The molecule has 130 valence electrons. The lowest BCUT2D eigenvalue weighted by atomic mass is 9.98. The summed E-state index contributed by atoms with van der Waals surface area (Å²) in [7, 11) is 0. The van der Waals surface area contributed by atoms with E-state index in [1.807, 2.05) is 19.1 Å². The van der Waals surface area contributed by atoms with Gasteiger partial charge in [0, 0.05) is 12.6 Å². The van der Waals surface area contributed by atoms with E-state index in [0.29, 0.717) is 24.4 Å². The predicted octanol–water partition coefficient (Wildman–Crippen LogP) is 4.69. The van der Waals surface area contributed by atoms with Gasteiger partial charge in [-0.2, -0.15) is 0 Å². The van der Waals surface area contributed by atoms with Crippen LogP contribution >= 0.6 is 0 Å². The van der Waals surface area contributed by atoms with Crippen molar-refractivity contribution in [2.75, 3.05) is 0 Å². The molecule has 0 heterocycles. The van der Waals surface area contributed by atoms with Gasteiger partial charge in [0.1, 0.15) is 11.6 Å². The molecule has 2 unspecified atom stereocenters. The minimum Gasteiger partial charge on any atom is -0.391 e. The third kappa shape index (κ3) is 4.86. The molecule has 2 atom stereocenters. The van der Waals surface area contributed by atoms with Crippen LogP contribution in [0.4, 0.5) is 8.78 Å². The number of hydrogen-bond acceptors (Lipinski definition) is 2. The highest BCUT2D eigenvalue weighted by Crippen LogP contribution is 2.23. The SMILES string of the molecule is CCC(O)C(NCc1cccc(C(C)C)c1)c1cc(F)cc(F)c1. The summed E-state index contributed by atoms with van der Waals surface area (Å²) in [5.74, 6) is -0.844. The van der Waals surface area contributed by atoms with E-state index < -0.39 is 23.8 Å². The van der Waals surface area contributed by atoms with Crippen LogP contribution in [0.5, 0.6) is 0 Å². The summed E-state index contributed by atoms with van der Waals surface area (Å²) in [5, 5.41) is 13.5. The van der Waals surface area contributed by atoms with Crippen molar-refractivity contribution in [2.45, 2.75) is 51.8 Å². The van der Waals surface area contributed by atoms with Crippen molar-refractivity contribution in [1.29, 1.82) is 0 Å². The molecule has 0 amide bonds. The molecule has 0 aromatic heterocycles. The Bertz CT molecular complexity index is 652. The second-order valence-electron chi connectivity index (χ2n) is 6.44.